The molecule has 0 spiro atoms. The lowest BCUT2D eigenvalue weighted by molar-refractivity contribution is -0.142. The van der Waals surface area contributed by atoms with Crippen LogP contribution in [0, 0.1) is 5.92 Å². The number of rotatable bonds is 22. The minimum absolute atomic E-state index is 0.108. The molecule has 4 rings (SSSR count). The molecule has 0 aliphatic heterocycles. The van der Waals surface area contributed by atoms with Gasteiger partial charge < -0.3 is 57.6 Å². The lowest BCUT2D eigenvalue weighted by Crippen LogP contribution is -2.61. The Bertz CT molecular complexity index is 2130. The summed E-state index contributed by atoms with van der Waals surface area (Å²) >= 11 is 3.94. The molecule has 0 unspecified atom stereocenters. The zero-order valence-electron chi connectivity index (χ0n) is 32.9. The molecule has 0 saturated carbocycles. The van der Waals surface area contributed by atoms with Crippen LogP contribution in [-0.2, 0) is 46.4 Å². The van der Waals surface area contributed by atoms with E-state index < -0.39 is 96.7 Å². The molecule has 4 aromatic rings. The van der Waals surface area contributed by atoms with E-state index in [1.54, 1.807) is 36.7 Å². The normalized spacial score (nSPS) is 15.0. The van der Waals surface area contributed by atoms with Gasteiger partial charge in [-0.2, -0.15) is 12.6 Å². The van der Waals surface area contributed by atoms with Crippen molar-refractivity contribution in [1.29, 1.82) is 0 Å². The maximum absolute atomic E-state index is 14.0. The van der Waals surface area contributed by atoms with Gasteiger partial charge in [0.05, 0.1) is 12.1 Å². The largest absolute Gasteiger partial charge is 0.481 e. The first-order chi connectivity index (χ1) is 28.0. The Morgan fingerprint density at radius 2 is 1.15 bits per heavy atom. The number of nitrogens with two attached hydrogens (primary N) is 1. The number of carbonyl (C=O) groups excluding carboxylic acids is 5. The van der Waals surface area contributed by atoms with Crippen LogP contribution in [0.2, 0.25) is 0 Å². The van der Waals surface area contributed by atoms with Gasteiger partial charge in [-0.3, -0.25) is 28.8 Å². The summed E-state index contributed by atoms with van der Waals surface area (Å²) in [5.74, 6) is -7.45. The molecular formula is C40H52N8O10S. The van der Waals surface area contributed by atoms with Crippen LogP contribution in [0.4, 0.5) is 0 Å². The highest BCUT2D eigenvalue weighted by molar-refractivity contribution is 7.80. The third kappa shape index (κ3) is 12.8. The summed E-state index contributed by atoms with van der Waals surface area (Å²) in [6.45, 7) is 4.91. The first-order valence-electron chi connectivity index (χ1n) is 19.1. The molecule has 2 aromatic carbocycles. The first-order valence-corrected chi connectivity index (χ1v) is 19.7. The van der Waals surface area contributed by atoms with E-state index in [0.29, 0.717) is 16.5 Å². The highest BCUT2D eigenvalue weighted by Gasteiger charge is 2.35. The number of carboxylic acid groups (broad SMARTS) is 2. The smallest absolute Gasteiger partial charge is 0.327 e. The molecule has 318 valence electrons. The van der Waals surface area contributed by atoms with E-state index in [1.165, 1.54) is 6.92 Å². The summed E-state index contributed by atoms with van der Waals surface area (Å²) in [6.07, 6.45) is 0.993. The van der Waals surface area contributed by atoms with E-state index in [0.717, 1.165) is 16.5 Å². The van der Waals surface area contributed by atoms with Crippen molar-refractivity contribution in [3.05, 3.63) is 72.1 Å². The van der Waals surface area contributed by atoms with Gasteiger partial charge in [0.2, 0.25) is 29.5 Å². The van der Waals surface area contributed by atoms with E-state index in [2.05, 4.69) is 49.2 Å². The lowest BCUT2D eigenvalue weighted by Gasteiger charge is -2.28. The zero-order chi connectivity index (χ0) is 43.4. The van der Waals surface area contributed by atoms with Gasteiger partial charge in [-0.15, -0.1) is 0 Å². The Balaban J connectivity index is 1.55. The average Bonchev–Trinajstić information content (AvgIpc) is 3.79. The summed E-state index contributed by atoms with van der Waals surface area (Å²) < 4.78 is 0. The van der Waals surface area contributed by atoms with Gasteiger partial charge in [-0.1, -0.05) is 50.2 Å². The molecule has 2 heterocycles. The number of amides is 5. The van der Waals surface area contributed by atoms with Gasteiger partial charge in [0.15, 0.2) is 0 Å². The fraction of sp³-hybridized carbons (Fsp3) is 0.425. The number of fused-ring (bicyclic) bond motifs is 2. The highest BCUT2D eigenvalue weighted by Crippen LogP contribution is 2.21. The number of carbonyl (C=O) groups is 7. The van der Waals surface area contributed by atoms with Crippen molar-refractivity contribution >= 4 is 75.9 Å². The second-order valence-corrected chi connectivity index (χ2v) is 15.2. The molecule has 0 saturated heterocycles. The van der Waals surface area contributed by atoms with E-state index in [9.17, 15) is 48.9 Å². The Kier molecular flexibility index (Phi) is 16.4. The molecule has 0 radical (unpaired) electrons. The molecule has 5 amide bonds. The van der Waals surface area contributed by atoms with Crippen LogP contribution in [0.3, 0.4) is 0 Å². The number of aliphatic hydroxyl groups excluding tert-OH is 1. The minimum Gasteiger partial charge on any atom is -0.481 e. The van der Waals surface area contributed by atoms with Crippen LogP contribution in [0.1, 0.15) is 51.2 Å². The van der Waals surface area contributed by atoms with Crippen LogP contribution in [0.25, 0.3) is 21.8 Å². The highest BCUT2D eigenvalue weighted by atomic mass is 32.1. The molecule has 0 aliphatic carbocycles. The van der Waals surface area contributed by atoms with Crippen molar-refractivity contribution < 1.29 is 48.9 Å². The van der Waals surface area contributed by atoms with Crippen LogP contribution < -0.4 is 32.3 Å². The van der Waals surface area contributed by atoms with Gasteiger partial charge in [-0.05, 0) is 55.4 Å². The SMILES string of the molecule is CC(C)C[C@H](NC(=O)[C@@H](N)Cc1c[nH]c2ccccc12)C(=O)N[C@H](C(=O)N[C@@H](Cc1c[nH]c2ccccc12)C(=O)N[C@@H](CCC(=O)O)C(=O)N[C@@H](CS)C(=O)O)[C@@H](C)O. The van der Waals surface area contributed by atoms with Gasteiger partial charge >= 0.3 is 11.9 Å². The van der Waals surface area contributed by atoms with Gasteiger partial charge in [0.25, 0.3) is 0 Å². The summed E-state index contributed by atoms with van der Waals surface area (Å²) in [5.41, 5.74) is 9.25. The molecule has 0 fully saturated rings. The molecule has 59 heavy (non-hydrogen) atoms. The summed E-state index contributed by atoms with van der Waals surface area (Å²) in [5, 5.41) is 43.6. The summed E-state index contributed by atoms with van der Waals surface area (Å²) in [7, 11) is 0. The number of aromatic nitrogens is 2. The Morgan fingerprint density at radius 3 is 1.68 bits per heavy atom. The third-order valence-corrected chi connectivity index (χ3v) is 10.0. The predicted octanol–water partition coefficient (Wildman–Crippen LogP) is 0.492. The fourth-order valence-corrected chi connectivity index (χ4v) is 6.78. The first kappa shape index (κ1) is 45.8. The van der Waals surface area contributed by atoms with Crippen LogP contribution in [-0.4, -0.2) is 115 Å². The van der Waals surface area contributed by atoms with Crippen LogP contribution in [0.5, 0.6) is 0 Å². The number of aliphatic carboxylic acids is 2. The van der Waals surface area contributed by atoms with E-state index in [4.69, 9.17) is 5.73 Å². The topological polar surface area (TPSA) is 298 Å². The number of thiol groups is 1. The second kappa shape index (κ2) is 21.2. The van der Waals surface area contributed by atoms with Gasteiger partial charge in [-0.25, -0.2) is 4.79 Å². The molecule has 18 nitrogen and oxygen atoms in total. The van der Waals surface area contributed by atoms with Gasteiger partial charge in [0, 0.05) is 52.8 Å². The number of H-pyrrole nitrogens is 2. The zero-order valence-corrected chi connectivity index (χ0v) is 33.8. The van der Waals surface area contributed by atoms with Crippen molar-refractivity contribution in [3.8, 4) is 0 Å². The number of para-hydroxylation sites is 2. The summed E-state index contributed by atoms with van der Waals surface area (Å²) in [6, 6.07) is 6.31. The third-order valence-electron chi connectivity index (χ3n) is 9.66. The predicted molar refractivity (Wildman–Crippen MR) is 221 cm³/mol. The lowest BCUT2D eigenvalue weighted by atomic mass is 10.00. The van der Waals surface area contributed by atoms with Crippen LogP contribution in [0.15, 0.2) is 60.9 Å². The molecule has 7 atom stereocenters. The van der Waals surface area contributed by atoms with Gasteiger partial charge in [0.1, 0.15) is 30.2 Å². The molecule has 0 aliphatic rings. The monoisotopic (exact) mass is 836 g/mol. The number of nitrogens with one attached hydrogen (secondary N) is 7. The Labute approximate surface area is 345 Å². The number of carboxylic acids is 2. The maximum Gasteiger partial charge on any atom is 0.327 e. The molecule has 12 N–H and O–H groups in total. The van der Waals surface area contributed by atoms with E-state index in [-0.39, 0.29) is 30.9 Å². The molecule has 2 aromatic heterocycles. The van der Waals surface area contributed by atoms with Crippen molar-refractivity contribution in [2.75, 3.05) is 5.75 Å². The Hall–Kier alpha value is -5.92. The number of benzene rings is 2. The molecule has 19 heteroatoms. The second-order valence-electron chi connectivity index (χ2n) is 14.8. The van der Waals surface area contributed by atoms with E-state index in [1.807, 2.05) is 38.1 Å². The standard InChI is InChI=1S/C40H52N8O10S/c1-20(2)14-30(45-35(52)26(41)15-22-17-42-27-10-6-4-8-24(22)27)38(55)48-34(21(3)49)39(56)46-31(16-23-18-43-28-11-7-5-9-25(23)28)37(54)44-29(12-13-33(50)51)36(53)47-32(19-59)40(57)58/h4-11,17-18,20-21,26,29-32,34,42-43,49,59H,12-16,19,41H2,1-3H3,(H,44,54)(H,45,52)(H,46,56)(H,47,53)(H,48,55)(H,50,51)(H,57,58)/t21-,26+,29+,30+,31+,32+,34+/m1/s1. The quantitative estimate of drug-likeness (QED) is 0.0484. The number of hydrogen-bond donors (Lipinski definition) is 12. The van der Waals surface area contributed by atoms with Crippen molar-refractivity contribution in [2.45, 2.75) is 95.2 Å². The summed E-state index contributed by atoms with van der Waals surface area (Å²) in [4.78, 5) is 97.5. The van der Waals surface area contributed by atoms with E-state index >= 15 is 0 Å². The van der Waals surface area contributed by atoms with Crippen molar-refractivity contribution in [1.82, 2.24) is 36.6 Å². The molecule has 0 bridgehead atoms. The van der Waals surface area contributed by atoms with Crippen LogP contribution >= 0.6 is 12.6 Å². The average molecular weight is 837 g/mol. The minimum atomic E-state index is -1.65. The number of aliphatic hydroxyl groups is 1. The number of aromatic amines is 2. The number of hydrogen-bond acceptors (Lipinski definition) is 10. The fourth-order valence-electron chi connectivity index (χ4n) is 6.53. The van der Waals surface area contributed by atoms with Crippen molar-refractivity contribution in [2.24, 2.45) is 11.7 Å². The maximum atomic E-state index is 14.0. The van der Waals surface area contributed by atoms with Crippen molar-refractivity contribution in [3.63, 3.8) is 0 Å². The molecular weight excluding hydrogens is 785 g/mol. The Morgan fingerprint density at radius 1 is 0.661 bits per heavy atom.